The SMILES string of the molecule is CC(NS)c1ccc2nccn2c1. The van der Waals surface area contributed by atoms with Gasteiger partial charge in [-0.15, -0.1) is 0 Å². The van der Waals surface area contributed by atoms with Crippen LogP contribution in [0.4, 0.5) is 0 Å². The van der Waals surface area contributed by atoms with Crippen LogP contribution >= 0.6 is 12.8 Å². The van der Waals surface area contributed by atoms with Crippen LogP contribution in [0.25, 0.3) is 5.65 Å². The van der Waals surface area contributed by atoms with Gasteiger partial charge in [-0.1, -0.05) is 18.9 Å². The minimum Gasteiger partial charge on any atom is -0.307 e. The molecule has 0 aliphatic rings. The molecule has 13 heavy (non-hydrogen) atoms. The van der Waals surface area contributed by atoms with E-state index >= 15 is 0 Å². The van der Waals surface area contributed by atoms with E-state index in [2.05, 4.69) is 41.7 Å². The van der Waals surface area contributed by atoms with Gasteiger partial charge in [-0.3, -0.25) is 4.72 Å². The van der Waals surface area contributed by atoms with Gasteiger partial charge in [-0.25, -0.2) is 4.98 Å². The summed E-state index contributed by atoms with van der Waals surface area (Å²) >= 11 is 4.03. The Hall–Kier alpha value is -1.00. The molecule has 0 radical (unpaired) electrons. The lowest BCUT2D eigenvalue weighted by Crippen LogP contribution is -2.07. The predicted octanol–water partition coefficient (Wildman–Crippen LogP) is 1.83. The van der Waals surface area contributed by atoms with Gasteiger partial charge in [0.25, 0.3) is 0 Å². The van der Waals surface area contributed by atoms with Crippen molar-refractivity contribution in [1.82, 2.24) is 14.1 Å². The first-order valence-corrected chi connectivity index (χ1v) is 4.58. The van der Waals surface area contributed by atoms with Crippen LogP contribution in [0.5, 0.6) is 0 Å². The predicted molar refractivity (Wildman–Crippen MR) is 55.7 cm³/mol. The smallest absolute Gasteiger partial charge is 0.136 e. The average Bonchev–Trinajstić information content (AvgIpc) is 2.63. The molecule has 1 atom stereocenters. The van der Waals surface area contributed by atoms with E-state index < -0.39 is 0 Å². The highest BCUT2D eigenvalue weighted by Crippen LogP contribution is 2.13. The summed E-state index contributed by atoms with van der Waals surface area (Å²) in [7, 11) is 0. The van der Waals surface area contributed by atoms with Crippen molar-refractivity contribution in [1.29, 1.82) is 0 Å². The van der Waals surface area contributed by atoms with E-state index in [0.29, 0.717) is 0 Å². The molecule has 0 aromatic carbocycles. The van der Waals surface area contributed by atoms with Crippen LogP contribution in [0.15, 0.2) is 30.7 Å². The molecule has 0 spiro atoms. The van der Waals surface area contributed by atoms with Gasteiger partial charge < -0.3 is 4.40 Å². The number of nitrogens with one attached hydrogen (secondary N) is 1. The number of imidazole rings is 1. The van der Waals surface area contributed by atoms with Crippen molar-refractivity contribution < 1.29 is 0 Å². The summed E-state index contributed by atoms with van der Waals surface area (Å²) in [6.45, 7) is 2.06. The largest absolute Gasteiger partial charge is 0.307 e. The summed E-state index contributed by atoms with van der Waals surface area (Å²) in [4.78, 5) is 4.17. The molecular weight excluding hydrogens is 182 g/mol. The molecule has 0 saturated carbocycles. The third-order valence-electron chi connectivity index (χ3n) is 2.11. The number of hydrogen-bond donors (Lipinski definition) is 2. The molecule has 3 nitrogen and oxygen atoms in total. The van der Waals surface area contributed by atoms with E-state index in [0.717, 1.165) is 5.65 Å². The molecule has 2 rings (SSSR count). The lowest BCUT2D eigenvalue weighted by molar-refractivity contribution is 0.752. The van der Waals surface area contributed by atoms with Gasteiger partial charge >= 0.3 is 0 Å². The second-order valence-electron chi connectivity index (χ2n) is 3.01. The van der Waals surface area contributed by atoms with Crippen molar-refractivity contribution in [2.75, 3.05) is 0 Å². The average molecular weight is 193 g/mol. The summed E-state index contributed by atoms with van der Waals surface area (Å²) in [6, 6.07) is 4.29. The van der Waals surface area contributed by atoms with E-state index in [1.165, 1.54) is 5.56 Å². The lowest BCUT2D eigenvalue weighted by Gasteiger charge is -2.09. The Morgan fingerprint density at radius 2 is 2.38 bits per heavy atom. The Bertz CT molecular complexity index is 410. The van der Waals surface area contributed by atoms with E-state index in [1.807, 2.05) is 16.7 Å². The zero-order valence-corrected chi connectivity index (χ0v) is 8.20. The molecule has 68 valence electrons. The van der Waals surface area contributed by atoms with Crippen molar-refractivity contribution in [3.05, 3.63) is 36.3 Å². The third-order valence-corrected chi connectivity index (χ3v) is 2.49. The summed E-state index contributed by atoms with van der Waals surface area (Å²) in [5.41, 5.74) is 2.16. The number of thiol groups is 1. The van der Waals surface area contributed by atoms with Gasteiger partial charge in [0, 0.05) is 24.6 Å². The molecule has 1 N–H and O–H groups in total. The second-order valence-corrected chi connectivity index (χ2v) is 3.26. The van der Waals surface area contributed by atoms with Crippen LogP contribution in [0.3, 0.4) is 0 Å². The zero-order chi connectivity index (χ0) is 9.26. The number of hydrogen-bond acceptors (Lipinski definition) is 3. The minimum atomic E-state index is 0.245. The van der Waals surface area contributed by atoms with Gasteiger partial charge in [0.2, 0.25) is 0 Å². The van der Waals surface area contributed by atoms with Gasteiger partial charge in [-0.2, -0.15) is 0 Å². The van der Waals surface area contributed by atoms with E-state index in [4.69, 9.17) is 0 Å². The first-order valence-electron chi connectivity index (χ1n) is 4.13. The molecule has 0 fully saturated rings. The standard InChI is InChI=1S/C9H11N3S/c1-7(11-13)8-2-3-9-10-4-5-12(9)6-8/h2-7,11,13H,1H3. The molecule has 2 aromatic rings. The molecule has 0 aliphatic heterocycles. The Balaban J connectivity index is 2.48. The monoisotopic (exact) mass is 193 g/mol. The van der Waals surface area contributed by atoms with Gasteiger partial charge in [0.15, 0.2) is 0 Å². The molecule has 0 bridgehead atoms. The number of nitrogens with zero attached hydrogens (tertiary/aromatic N) is 2. The number of fused-ring (bicyclic) bond motifs is 1. The Labute approximate surface area is 82.3 Å². The molecule has 0 amide bonds. The van der Waals surface area contributed by atoms with Gasteiger partial charge in [0.05, 0.1) is 0 Å². The first-order chi connectivity index (χ1) is 6.31. The first kappa shape index (κ1) is 8.59. The number of aromatic nitrogens is 2. The maximum absolute atomic E-state index is 4.17. The lowest BCUT2D eigenvalue weighted by atomic mass is 10.1. The van der Waals surface area contributed by atoms with Crippen LogP contribution in [-0.4, -0.2) is 9.38 Å². The maximum Gasteiger partial charge on any atom is 0.136 e. The van der Waals surface area contributed by atoms with Crippen LogP contribution in [0, 0.1) is 0 Å². The van der Waals surface area contributed by atoms with Crippen LogP contribution in [-0.2, 0) is 0 Å². The molecule has 2 heterocycles. The Morgan fingerprint density at radius 3 is 3.15 bits per heavy atom. The van der Waals surface area contributed by atoms with Crippen molar-refractivity contribution in [2.24, 2.45) is 0 Å². The Kier molecular flexibility index (Phi) is 2.24. The van der Waals surface area contributed by atoms with Crippen LogP contribution in [0.1, 0.15) is 18.5 Å². The molecule has 1 unspecified atom stereocenters. The fourth-order valence-corrected chi connectivity index (χ4v) is 1.42. The van der Waals surface area contributed by atoms with E-state index in [-0.39, 0.29) is 6.04 Å². The normalized spacial score (nSPS) is 13.4. The Morgan fingerprint density at radius 1 is 1.54 bits per heavy atom. The molecular formula is C9H11N3S. The highest BCUT2D eigenvalue weighted by Gasteiger charge is 2.03. The summed E-state index contributed by atoms with van der Waals surface area (Å²) < 4.78 is 4.90. The quantitative estimate of drug-likeness (QED) is 0.712. The summed E-state index contributed by atoms with van der Waals surface area (Å²) in [5.74, 6) is 0. The topological polar surface area (TPSA) is 29.3 Å². The third kappa shape index (κ3) is 1.55. The van der Waals surface area contributed by atoms with Crippen molar-refractivity contribution >= 4 is 18.5 Å². The number of rotatable bonds is 2. The van der Waals surface area contributed by atoms with Crippen molar-refractivity contribution in [2.45, 2.75) is 13.0 Å². The van der Waals surface area contributed by atoms with Gasteiger partial charge in [-0.05, 0) is 18.6 Å². The maximum atomic E-state index is 4.17. The second kappa shape index (κ2) is 3.40. The molecule has 2 aromatic heterocycles. The molecule has 4 heteroatoms. The molecule has 0 aliphatic carbocycles. The highest BCUT2D eigenvalue weighted by molar-refractivity contribution is 7.78. The van der Waals surface area contributed by atoms with Gasteiger partial charge in [0.1, 0.15) is 5.65 Å². The van der Waals surface area contributed by atoms with E-state index in [1.54, 1.807) is 6.20 Å². The highest BCUT2D eigenvalue weighted by atomic mass is 32.1. The van der Waals surface area contributed by atoms with E-state index in [9.17, 15) is 0 Å². The van der Waals surface area contributed by atoms with Crippen LogP contribution in [0.2, 0.25) is 0 Å². The summed E-state index contributed by atoms with van der Waals surface area (Å²) in [6.07, 6.45) is 5.78. The zero-order valence-electron chi connectivity index (χ0n) is 7.31. The minimum absolute atomic E-state index is 0.245. The van der Waals surface area contributed by atoms with Crippen molar-refractivity contribution in [3.8, 4) is 0 Å². The van der Waals surface area contributed by atoms with Crippen LogP contribution < -0.4 is 4.72 Å². The molecule has 0 saturated heterocycles. The fourth-order valence-electron chi connectivity index (χ4n) is 1.27. The summed E-state index contributed by atoms with van der Waals surface area (Å²) in [5, 5.41) is 0. The fraction of sp³-hybridized carbons (Fsp3) is 0.222. The number of pyridine rings is 1. The van der Waals surface area contributed by atoms with Crippen molar-refractivity contribution in [3.63, 3.8) is 0 Å².